The van der Waals surface area contributed by atoms with Gasteiger partial charge in [-0.25, -0.2) is 13.2 Å². The molecule has 2 aromatic rings. The molecule has 0 aliphatic carbocycles. The summed E-state index contributed by atoms with van der Waals surface area (Å²) in [6, 6.07) is 8.00. The molecule has 6 nitrogen and oxygen atoms in total. The quantitative estimate of drug-likeness (QED) is 0.579. The minimum absolute atomic E-state index is 0.0125. The molecule has 9 heteroatoms. The lowest BCUT2D eigenvalue weighted by Gasteiger charge is -2.32. The predicted molar refractivity (Wildman–Crippen MR) is 108 cm³/mol. The maximum absolute atomic E-state index is 13.3. The largest absolute Gasteiger partial charge is 0.461 e. The third-order valence-corrected chi connectivity index (χ3v) is 8.66. The highest BCUT2D eigenvalue weighted by atomic mass is 79.9. The van der Waals surface area contributed by atoms with E-state index in [0.717, 1.165) is 16.7 Å². The standard InChI is InChI=1S/C19H17BrClNO5S/c1-10-4-6-13(7-5-10)28(24,25)22-18(23)26-9-19(22)17(20)15-12(3)16(21)11(2)8-14(15)27-19/h4-8,17H,9H2,1-3H3/t17-,19-/m0/s1. The van der Waals surface area contributed by atoms with Crippen LogP contribution in [0.15, 0.2) is 35.2 Å². The Balaban J connectivity index is 1.87. The van der Waals surface area contributed by atoms with Gasteiger partial charge in [0.2, 0.25) is 0 Å². The van der Waals surface area contributed by atoms with Crippen molar-refractivity contribution in [2.45, 2.75) is 36.2 Å². The van der Waals surface area contributed by atoms with E-state index in [2.05, 4.69) is 15.9 Å². The molecule has 0 saturated carbocycles. The molecule has 1 amide bonds. The molecule has 2 aliphatic rings. The summed E-state index contributed by atoms with van der Waals surface area (Å²) in [7, 11) is -4.21. The minimum Gasteiger partial charge on any atom is -0.461 e. The van der Waals surface area contributed by atoms with Crippen molar-refractivity contribution in [3.8, 4) is 5.75 Å². The van der Waals surface area contributed by atoms with E-state index < -0.39 is 26.7 Å². The van der Waals surface area contributed by atoms with Gasteiger partial charge in [-0.15, -0.1) is 0 Å². The van der Waals surface area contributed by atoms with E-state index in [9.17, 15) is 13.2 Å². The first-order valence-electron chi connectivity index (χ1n) is 8.51. The lowest BCUT2D eigenvalue weighted by Crippen LogP contribution is -2.54. The Hall–Kier alpha value is -1.77. The summed E-state index contributed by atoms with van der Waals surface area (Å²) < 4.78 is 38.6. The summed E-state index contributed by atoms with van der Waals surface area (Å²) in [5.74, 6) is 0.476. The fourth-order valence-corrected chi connectivity index (χ4v) is 6.44. The molecule has 148 valence electrons. The van der Waals surface area contributed by atoms with Crippen molar-refractivity contribution in [3.05, 3.63) is 57.6 Å². The van der Waals surface area contributed by atoms with E-state index in [1.165, 1.54) is 12.1 Å². The van der Waals surface area contributed by atoms with E-state index in [4.69, 9.17) is 21.1 Å². The van der Waals surface area contributed by atoms with Crippen molar-refractivity contribution < 1.29 is 22.7 Å². The van der Waals surface area contributed by atoms with E-state index in [0.29, 0.717) is 20.6 Å². The second kappa shape index (κ2) is 6.37. The molecule has 2 heterocycles. The van der Waals surface area contributed by atoms with Crippen LogP contribution in [0.1, 0.15) is 27.1 Å². The second-order valence-corrected chi connectivity index (χ2v) is 10.1. The van der Waals surface area contributed by atoms with Crippen molar-refractivity contribution >= 4 is 43.6 Å². The van der Waals surface area contributed by atoms with Crippen molar-refractivity contribution in [3.63, 3.8) is 0 Å². The SMILES string of the molecule is Cc1ccc(S(=O)(=O)N2C(=O)OC[C@@]23Oc2cc(C)c(Cl)c(C)c2[C@@H]3Br)cc1. The first-order valence-corrected chi connectivity index (χ1v) is 11.2. The molecule has 28 heavy (non-hydrogen) atoms. The van der Waals surface area contributed by atoms with Crippen LogP contribution in [0.2, 0.25) is 5.02 Å². The van der Waals surface area contributed by atoms with Gasteiger partial charge in [0.25, 0.3) is 15.7 Å². The maximum Gasteiger partial charge on any atom is 0.427 e. The van der Waals surface area contributed by atoms with Crippen LogP contribution in [0, 0.1) is 20.8 Å². The average Bonchev–Trinajstić information content (AvgIpc) is 3.11. The van der Waals surface area contributed by atoms with Gasteiger partial charge in [0.1, 0.15) is 10.6 Å². The molecule has 2 atom stereocenters. The van der Waals surface area contributed by atoms with Crippen LogP contribution < -0.4 is 4.74 Å². The number of sulfonamides is 1. The van der Waals surface area contributed by atoms with E-state index in [1.807, 2.05) is 20.8 Å². The first-order chi connectivity index (χ1) is 13.1. The molecule has 0 radical (unpaired) electrons. The number of hydrogen-bond acceptors (Lipinski definition) is 5. The number of ether oxygens (including phenoxy) is 2. The second-order valence-electron chi connectivity index (χ2n) is 6.99. The van der Waals surface area contributed by atoms with Crippen LogP contribution in [0.5, 0.6) is 5.75 Å². The molecule has 0 bridgehead atoms. The third kappa shape index (κ3) is 2.58. The summed E-state index contributed by atoms with van der Waals surface area (Å²) in [4.78, 5) is 11.9. The zero-order valence-corrected chi connectivity index (χ0v) is 18.5. The number of rotatable bonds is 2. The molecule has 0 aromatic heterocycles. The molecule has 4 rings (SSSR count). The van der Waals surface area contributed by atoms with Gasteiger partial charge in [-0.1, -0.05) is 45.2 Å². The van der Waals surface area contributed by atoms with E-state index >= 15 is 0 Å². The van der Waals surface area contributed by atoms with Gasteiger partial charge in [0, 0.05) is 10.6 Å². The number of amides is 1. The van der Waals surface area contributed by atoms with Gasteiger partial charge in [-0.3, -0.25) is 0 Å². The topological polar surface area (TPSA) is 72.9 Å². The number of aryl methyl sites for hydroxylation is 2. The van der Waals surface area contributed by atoms with Crippen molar-refractivity contribution in [1.29, 1.82) is 0 Å². The predicted octanol–water partition coefficient (Wildman–Crippen LogP) is 4.63. The highest BCUT2D eigenvalue weighted by Gasteiger charge is 2.64. The Kier molecular flexibility index (Phi) is 4.44. The number of nitrogens with zero attached hydrogens (tertiary/aromatic N) is 1. The Labute approximate surface area is 176 Å². The smallest absolute Gasteiger partial charge is 0.427 e. The fraction of sp³-hybridized carbons (Fsp3) is 0.316. The fourth-order valence-electron chi connectivity index (χ4n) is 3.60. The number of benzene rings is 2. The Bertz CT molecular complexity index is 1100. The van der Waals surface area contributed by atoms with Gasteiger partial charge in [-0.2, -0.15) is 4.31 Å². The van der Waals surface area contributed by atoms with Gasteiger partial charge >= 0.3 is 6.09 Å². The molecule has 0 N–H and O–H groups in total. The molecule has 1 saturated heterocycles. The lowest BCUT2D eigenvalue weighted by atomic mass is 9.99. The highest BCUT2D eigenvalue weighted by Crippen LogP contribution is 2.55. The minimum atomic E-state index is -4.21. The maximum atomic E-state index is 13.3. The molecule has 0 unspecified atom stereocenters. The van der Waals surface area contributed by atoms with Crippen LogP contribution in [0.3, 0.4) is 0 Å². The molecule has 1 fully saturated rings. The van der Waals surface area contributed by atoms with Crippen LogP contribution in [0.25, 0.3) is 0 Å². The van der Waals surface area contributed by atoms with Crippen LogP contribution in [0.4, 0.5) is 4.79 Å². The number of carbonyl (C=O) groups is 1. The molecular formula is C19H17BrClNO5S. The summed E-state index contributed by atoms with van der Waals surface area (Å²) in [6.07, 6.45) is -0.974. The van der Waals surface area contributed by atoms with Crippen molar-refractivity contribution in [2.75, 3.05) is 6.61 Å². The number of carbonyl (C=O) groups excluding carboxylic acids is 1. The molecule has 1 spiro atoms. The third-order valence-electron chi connectivity index (χ3n) is 5.10. The Morgan fingerprint density at radius 3 is 2.50 bits per heavy atom. The van der Waals surface area contributed by atoms with Gasteiger partial charge in [0.05, 0.1) is 4.90 Å². The normalized spacial score (nSPS) is 23.7. The zero-order valence-electron chi connectivity index (χ0n) is 15.3. The van der Waals surface area contributed by atoms with Crippen LogP contribution in [-0.4, -0.2) is 31.1 Å². The number of cyclic esters (lactones) is 1. The number of alkyl halides is 1. The number of hydrogen-bond donors (Lipinski definition) is 0. The van der Waals surface area contributed by atoms with E-state index in [1.54, 1.807) is 18.2 Å². The average molecular weight is 487 g/mol. The number of fused-ring (bicyclic) bond motifs is 1. The van der Waals surface area contributed by atoms with Gasteiger partial charge in [-0.05, 0) is 50.1 Å². The van der Waals surface area contributed by atoms with Crippen LogP contribution in [-0.2, 0) is 14.8 Å². The first kappa shape index (κ1) is 19.5. The molecule has 2 aromatic carbocycles. The lowest BCUT2D eigenvalue weighted by molar-refractivity contribution is 0.0193. The Morgan fingerprint density at radius 2 is 1.86 bits per heavy atom. The van der Waals surface area contributed by atoms with Crippen LogP contribution >= 0.6 is 27.5 Å². The zero-order chi connectivity index (χ0) is 20.4. The monoisotopic (exact) mass is 485 g/mol. The highest BCUT2D eigenvalue weighted by molar-refractivity contribution is 9.09. The Morgan fingerprint density at radius 1 is 1.21 bits per heavy atom. The summed E-state index contributed by atoms with van der Waals surface area (Å²) in [5, 5.41) is 0.571. The van der Waals surface area contributed by atoms with E-state index in [-0.39, 0.29) is 11.5 Å². The van der Waals surface area contributed by atoms with Crippen molar-refractivity contribution in [2.24, 2.45) is 0 Å². The number of halogens is 2. The molecule has 2 aliphatic heterocycles. The summed E-state index contributed by atoms with van der Waals surface area (Å²) >= 11 is 9.93. The van der Waals surface area contributed by atoms with Crippen molar-refractivity contribution in [1.82, 2.24) is 4.31 Å². The van der Waals surface area contributed by atoms with Gasteiger partial charge < -0.3 is 9.47 Å². The molecular weight excluding hydrogens is 470 g/mol. The van der Waals surface area contributed by atoms with Gasteiger partial charge in [0.15, 0.2) is 6.61 Å². The summed E-state index contributed by atoms with van der Waals surface area (Å²) in [5.41, 5.74) is 1.61. The summed E-state index contributed by atoms with van der Waals surface area (Å²) in [6.45, 7) is 5.28.